The van der Waals surface area contributed by atoms with Crippen molar-refractivity contribution in [2.75, 3.05) is 13.6 Å². The fourth-order valence-electron chi connectivity index (χ4n) is 2.49. The van der Waals surface area contributed by atoms with Gasteiger partial charge in [0.05, 0.1) is 12.1 Å². The molecule has 1 atom stereocenters. The summed E-state index contributed by atoms with van der Waals surface area (Å²) in [6, 6.07) is 10.2. The van der Waals surface area contributed by atoms with Crippen molar-refractivity contribution in [2.24, 2.45) is 0 Å². The highest BCUT2D eigenvalue weighted by Crippen LogP contribution is 2.20. The molecule has 0 saturated heterocycles. The quantitative estimate of drug-likeness (QED) is 0.748. The minimum atomic E-state index is 0.0622. The van der Waals surface area contributed by atoms with E-state index in [1.54, 1.807) is 4.90 Å². The summed E-state index contributed by atoms with van der Waals surface area (Å²) in [5.41, 5.74) is 1.99. The van der Waals surface area contributed by atoms with Crippen LogP contribution in [0, 0.1) is 0 Å². The van der Waals surface area contributed by atoms with Gasteiger partial charge in [0.2, 0.25) is 5.91 Å². The lowest BCUT2D eigenvalue weighted by Crippen LogP contribution is -2.31. The number of H-pyrrole nitrogens is 1. The molecule has 2 aromatic heterocycles. The highest BCUT2D eigenvalue weighted by atomic mass is 32.1. The number of carbonyl (C=O) groups excluding carboxylic acids is 1. The maximum atomic E-state index is 12.4. The van der Waals surface area contributed by atoms with E-state index >= 15 is 0 Å². The molecule has 24 heavy (non-hydrogen) atoms. The first-order valence-corrected chi connectivity index (χ1v) is 8.60. The minimum Gasteiger partial charge on any atom is -0.345 e. The summed E-state index contributed by atoms with van der Waals surface area (Å²) in [7, 11) is 1.84. The first-order valence-electron chi connectivity index (χ1n) is 7.72. The summed E-state index contributed by atoms with van der Waals surface area (Å²) in [5.74, 6) is 0.984. The molecule has 6 nitrogen and oxygen atoms in total. The van der Waals surface area contributed by atoms with Gasteiger partial charge < -0.3 is 4.90 Å². The van der Waals surface area contributed by atoms with E-state index in [-0.39, 0.29) is 5.91 Å². The molecule has 0 saturated carbocycles. The number of aromatic amines is 1. The zero-order valence-electron chi connectivity index (χ0n) is 13.6. The fourth-order valence-corrected chi connectivity index (χ4v) is 3.26. The van der Waals surface area contributed by atoms with Gasteiger partial charge in [0, 0.05) is 19.0 Å². The molecule has 7 heteroatoms. The summed E-state index contributed by atoms with van der Waals surface area (Å²) in [4.78, 5) is 22.7. The van der Waals surface area contributed by atoms with Crippen LogP contribution in [0.5, 0.6) is 0 Å². The third kappa shape index (κ3) is 3.86. The summed E-state index contributed by atoms with van der Waals surface area (Å²) < 4.78 is 0. The van der Waals surface area contributed by atoms with Gasteiger partial charge in [0.1, 0.15) is 6.33 Å². The number of benzene rings is 1. The molecule has 2 heterocycles. The second kappa shape index (κ2) is 7.35. The van der Waals surface area contributed by atoms with E-state index in [9.17, 15) is 4.79 Å². The van der Waals surface area contributed by atoms with E-state index in [2.05, 4.69) is 39.2 Å². The number of hydrogen-bond acceptors (Lipinski definition) is 5. The van der Waals surface area contributed by atoms with Gasteiger partial charge in [-0.1, -0.05) is 37.3 Å². The van der Waals surface area contributed by atoms with Crippen LogP contribution in [0.25, 0.3) is 10.8 Å². The molecule has 0 spiro atoms. The van der Waals surface area contributed by atoms with Crippen LogP contribution in [0.1, 0.15) is 24.1 Å². The van der Waals surface area contributed by atoms with Crippen molar-refractivity contribution in [3.8, 4) is 10.8 Å². The van der Waals surface area contributed by atoms with Crippen LogP contribution in [-0.2, 0) is 11.2 Å². The number of nitrogens with one attached hydrogen (secondary N) is 1. The van der Waals surface area contributed by atoms with Crippen molar-refractivity contribution in [3.63, 3.8) is 0 Å². The topological polar surface area (TPSA) is 74.8 Å². The Morgan fingerprint density at radius 3 is 2.83 bits per heavy atom. The zero-order valence-corrected chi connectivity index (χ0v) is 14.5. The number of carbonyl (C=O) groups is 1. The minimum absolute atomic E-state index is 0.0622. The molecule has 0 aliphatic rings. The lowest BCUT2D eigenvalue weighted by molar-refractivity contribution is -0.129. The summed E-state index contributed by atoms with van der Waals surface area (Å²) in [5, 5.41) is 9.23. The van der Waals surface area contributed by atoms with Crippen molar-refractivity contribution in [1.29, 1.82) is 0 Å². The highest BCUT2D eigenvalue weighted by Gasteiger charge is 2.16. The van der Waals surface area contributed by atoms with Crippen LogP contribution in [-0.4, -0.2) is 44.6 Å². The molecular formula is C17H19N5OS. The molecule has 0 fully saturated rings. The first kappa shape index (κ1) is 16.3. The summed E-state index contributed by atoms with van der Waals surface area (Å²) >= 11 is 1.46. The normalized spacial score (nSPS) is 12.1. The number of amides is 1. The molecule has 0 aliphatic carbocycles. The third-order valence-electron chi connectivity index (χ3n) is 3.84. The van der Waals surface area contributed by atoms with E-state index in [4.69, 9.17) is 0 Å². The Labute approximate surface area is 144 Å². The van der Waals surface area contributed by atoms with E-state index in [1.807, 2.05) is 30.6 Å². The number of rotatable bonds is 6. The number of thiazole rings is 1. The lowest BCUT2D eigenvalue weighted by Gasteiger charge is -2.21. The Morgan fingerprint density at radius 2 is 2.12 bits per heavy atom. The van der Waals surface area contributed by atoms with Crippen LogP contribution in [0.3, 0.4) is 0 Å². The Balaban J connectivity index is 1.58. The van der Waals surface area contributed by atoms with Crippen LogP contribution < -0.4 is 0 Å². The molecule has 1 N–H and O–H groups in total. The van der Waals surface area contributed by atoms with Crippen molar-refractivity contribution in [1.82, 2.24) is 25.1 Å². The van der Waals surface area contributed by atoms with Crippen molar-refractivity contribution in [2.45, 2.75) is 19.3 Å². The lowest BCUT2D eigenvalue weighted by atomic mass is 10.0. The Hall–Kier alpha value is -2.54. The monoisotopic (exact) mass is 341 g/mol. The molecule has 1 aromatic carbocycles. The summed E-state index contributed by atoms with van der Waals surface area (Å²) in [6.07, 6.45) is 1.74. The number of likely N-dealkylation sites (N-methyl/N-ethyl adjacent to an activating group) is 1. The van der Waals surface area contributed by atoms with Crippen LogP contribution >= 0.6 is 11.3 Å². The van der Waals surface area contributed by atoms with Crippen LogP contribution in [0.2, 0.25) is 0 Å². The van der Waals surface area contributed by atoms with Crippen molar-refractivity contribution >= 4 is 17.2 Å². The Bertz CT molecular complexity index is 784. The first-order chi connectivity index (χ1) is 11.6. The summed E-state index contributed by atoms with van der Waals surface area (Å²) in [6.45, 7) is 2.81. The number of aromatic nitrogens is 4. The van der Waals surface area contributed by atoms with Gasteiger partial charge >= 0.3 is 0 Å². The maximum absolute atomic E-state index is 12.4. The molecule has 1 unspecified atom stereocenters. The molecule has 0 aliphatic heterocycles. The molecule has 0 radical (unpaired) electrons. The predicted molar refractivity (Wildman–Crippen MR) is 93.7 cm³/mol. The Morgan fingerprint density at radius 1 is 1.33 bits per heavy atom. The fraction of sp³-hybridized carbons (Fsp3) is 0.294. The number of hydrogen-bond donors (Lipinski definition) is 1. The van der Waals surface area contributed by atoms with Crippen molar-refractivity contribution in [3.05, 3.63) is 53.3 Å². The highest BCUT2D eigenvalue weighted by molar-refractivity contribution is 7.13. The van der Waals surface area contributed by atoms with Gasteiger partial charge in [-0.05, 0) is 11.5 Å². The smallest absolute Gasteiger partial charge is 0.228 e. The van der Waals surface area contributed by atoms with E-state index in [0.717, 1.165) is 10.7 Å². The van der Waals surface area contributed by atoms with Crippen LogP contribution in [0.4, 0.5) is 0 Å². The maximum Gasteiger partial charge on any atom is 0.228 e. The van der Waals surface area contributed by atoms with Gasteiger partial charge in [-0.2, -0.15) is 5.10 Å². The molecule has 0 bridgehead atoms. The average Bonchev–Trinajstić information content (AvgIpc) is 3.26. The molecule has 3 aromatic rings. The standard InChI is InChI=1S/C17H19N5OS/c1-12(13-6-4-3-5-7-13)9-22(2)15(23)8-14-10-24-17(20-14)16-18-11-19-21-16/h3-7,10-12H,8-9H2,1-2H3,(H,18,19,21). The molecule has 3 rings (SSSR count). The number of nitrogens with zero attached hydrogens (tertiary/aromatic N) is 4. The molecule has 1 amide bonds. The van der Waals surface area contributed by atoms with Gasteiger partial charge in [-0.3, -0.25) is 9.89 Å². The van der Waals surface area contributed by atoms with Crippen LogP contribution in [0.15, 0.2) is 42.0 Å². The second-order valence-electron chi connectivity index (χ2n) is 5.74. The van der Waals surface area contributed by atoms with E-state index in [1.165, 1.54) is 23.2 Å². The predicted octanol–water partition coefficient (Wildman–Crippen LogP) is 2.73. The average molecular weight is 341 g/mol. The van der Waals surface area contributed by atoms with Gasteiger partial charge in [0.15, 0.2) is 10.8 Å². The van der Waals surface area contributed by atoms with E-state index < -0.39 is 0 Å². The third-order valence-corrected chi connectivity index (χ3v) is 4.74. The van der Waals surface area contributed by atoms with Gasteiger partial charge in [0.25, 0.3) is 0 Å². The second-order valence-corrected chi connectivity index (χ2v) is 6.60. The molecular weight excluding hydrogens is 322 g/mol. The van der Waals surface area contributed by atoms with Crippen molar-refractivity contribution < 1.29 is 4.79 Å². The van der Waals surface area contributed by atoms with E-state index in [0.29, 0.717) is 24.7 Å². The van der Waals surface area contributed by atoms with Gasteiger partial charge in [-0.15, -0.1) is 11.3 Å². The van der Waals surface area contributed by atoms with Gasteiger partial charge in [-0.25, -0.2) is 9.97 Å². The SMILES string of the molecule is CC(CN(C)C(=O)Cc1csc(-c2ncn[nH]2)n1)c1ccccc1. The Kier molecular flexibility index (Phi) is 5.00. The largest absolute Gasteiger partial charge is 0.345 e. The molecule has 124 valence electrons. The zero-order chi connectivity index (χ0) is 16.9.